The van der Waals surface area contributed by atoms with E-state index < -0.39 is 0 Å². The lowest BCUT2D eigenvalue weighted by Gasteiger charge is -2.35. The largest absolute Gasteiger partial charge is 0.351 e. The van der Waals surface area contributed by atoms with Gasteiger partial charge in [0.2, 0.25) is 0 Å². The summed E-state index contributed by atoms with van der Waals surface area (Å²) < 4.78 is 2.40. The SMILES string of the molecule is Cc1cc2c(cc1N1Cc3ccccc3CN(C)C1C)c1ccccc1n2-c1ccccc1. The van der Waals surface area contributed by atoms with E-state index in [4.69, 9.17) is 0 Å². The number of para-hydroxylation sites is 2. The molecular formula is C30H29N3. The third-order valence-electron chi connectivity index (χ3n) is 7.28. The Kier molecular flexibility index (Phi) is 4.74. The molecule has 3 heteroatoms. The lowest BCUT2D eigenvalue weighted by atomic mass is 10.1. The van der Waals surface area contributed by atoms with E-state index in [1.165, 1.54) is 49.9 Å². The van der Waals surface area contributed by atoms with Gasteiger partial charge in [-0.2, -0.15) is 0 Å². The lowest BCUT2D eigenvalue weighted by molar-refractivity contribution is 0.248. The molecule has 3 nitrogen and oxygen atoms in total. The summed E-state index contributed by atoms with van der Waals surface area (Å²) in [5, 5.41) is 2.61. The molecule has 0 N–H and O–H groups in total. The van der Waals surface area contributed by atoms with Gasteiger partial charge in [-0.15, -0.1) is 0 Å². The van der Waals surface area contributed by atoms with Gasteiger partial charge in [-0.1, -0.05) is 60.7 Å². The van der Waals surface area contributed by atoms with Crippen LogP contribution in [0.1, 0.15) is 23.6 Å². The first-order valence-electron chi connectivity index (χ1n) is 11.7. The zero-order valence-corrected chi connectivity index (χ0v) is 19.5. The van der Waals surface area contributed by atoms with Crippen molar-refractivity contribution in [1.29, 1.82) is 0 Å². The summed E-state index contributed by atoms with van der Waals surface area (Å²) in [4.78, 5) is 5.01. The van der Waals surface area contributed by atoms with Crippen molar-refractivity contribution in [3.05, 3.63) is 108 Å². The summed E-state index contributed by atoms with van der Waals surface area (Å²) in [6, 6.07) is 33.1. The lowest BCUT2D eigenvalue weighted by Crippen LogP contribution is -2.42. The van der Waals surface area contributed by atoms with Gasteiger partial charge in [-0.3, -0.25) is 4.90 Å². The average Bonchev–Trinajstić information content (AvgIpc) is 3.09. The Morgan fingerprint density at radius 1 is 0.697 bits per heavy atom. The number of fused-ring (bicyclic) bond motifs is 4. The van der Waals surface area contributed by atoms with Crippen LogP contribution in [0.4, 0.5) is 5.69 Å². The quantitative estimate of drug-likeness (QED) is 0.301. The van der Waals surface area contributed by atoms with Crippen molar-refractivity contribution in [3.8, 4) is 5.69 Å². The number of aryl methyl sites for hydroxylation is 1. The summed E-state index contributed by atoms with van der Waals surface area (Å²) >= 11 is 0. The fourth-order valence-corrected chi connectivity index (χ4v) is 5.38. The summed E-state index contributed by atoms with van der Waals surface area (Å²) in [7, 11) is 2.23. The van der Waals surface area contributed by atoms with Crippen molar-refractivity contribution in [2.24, 2.45) is 0 Å². The van der Waals surface area contributed by atoms with Crippen molar-refractivity contribution in [2.75, 3.05) is 11.9 Å². The molecule has 0 radical (unpaired) electrons. The van der Waals surface area contributed by atoms with Crippen LogP contribution in [0.3, 0.4) is 0 Å². The van der Waals surface area contributed by atoms with Crippen LogP contribution in [-0.4, -0.2) is 22.7 Å². The van der Waals surface area contributed by atoms with Gasteiger partial charge in [0.25, 0.3) is 0 Å². The third kappa shape index (κ3) is 3.23. The van der Waals surface area contributed by atoms with Crippen molar-refractivity contribution in [3.63, 3.8) is 0 Å². The molecule has 1 aliphatic rings. The van der Waals surface area contributed by atoms with Gasteiger partial charge < -0.3 is 9.47 Å². The molecule has 0 aliphatic carbocycles. The first-order valence-corrected chi connectivity index (χ1v) is 11.7. The smallest absolute Gasteiger partial charge is 0.0796 e. The number of benzene rings is 4. The van der Waals surface area contributed by atoms with Crippen LogP contribution in [0.2, 0.25) is 0 Å². The summed E-state index contributed by atoms with van der Waals surface area (Å²) in [6.07, 6.45) is 0.302. The third-order valence-corrected chi connectivity index (χ3v) is 7.28. The fraction of sp³-hybridized carbons (Fsp3) is 0.200. The van der Waals surface area contributed by atoms with E-state index in [9.17, 15) is 0 Å². The molecule has 6 rings (SSSR count). The molecule has 0 saturated carbocycles. The van der Waals surface area contributed by atoms with E-state index in [0.717, 1.165) is 13.1 Å². The minimum absolute atomic E-state index is 0.302. The highest BCUT2D eigenvalue weighted by molar-refractivity contribution is 6.10. The van der Waals surface area contributed by atoms with Crippen LogP contribution in [0.25, 0.3) is 27.5 Å². The minimum atomic E-state index is 0.302. The van der Waals surface area contributed by atoms with Crippen LogP contribution < -0.4 is 4.90 Å². The van der Waals surface area contributed by atoms with Crippen LogP contribution in [0.15, 0.2) is 91.0 Å². The molecule has 1 atom stereocenters. The molecule has 0 saturated heterocycles. The summed E-state index contributed by atoms with van der Waals surface area (Å²) in [6.45, 7) is 6.47. The van der Waals surface area contributed by atoms with E-state index in [2.05, 4.69) is 126 Å². The van der Waals surface area contributed by atoms with Crippen LogP contribution in [0, 0.1) is 6.92 Å². The molecule has 4 aromatic carbocycles. The summed E-state index contributed by atoms with van der Waals surface area (Å²) in [5.74, 6) is 0. The van der Waals surface area contributed by atoms with Gasteiger partial charge in [0, 0.05) is 35.2 Å². The van der Waals surface area contributed by atoms with E-state index >= 15 is 0 Å². The van der Waals surface area contributed by atoms with Gasteiger partial charge in [0.1, 0.15) is 0 Å². The molecular weight excluding hydrogens is 402 g/mol. The first-order chi connectivity index (χ1) is 16.1. The van der Waals surface area contributed by atoms with Gasteiger partial charge >= 0.3 is 0 Å². The Labute approximate surface area is 195 Å². The molecule has 1 aliphatic heterocycles. The summed E-state index contributed by atoms with van der Waals surface area (Å²) in [5.41, 5.74) is 9.18. The topological polar surface area (TPSA) is 11.4 Å². The van der Waals surface area contributed by atoms with Gasteiger partial charge in [-0.25, -0.2) is 0 Å². The molecule has 2 heterocycles. The molecule has 0 spiro atoms. The standard InChI is InChI=1S/C30H29N3/c1-21-17-30-27(26-15-9-10-16-28(26)33(30)25-13-5-4-6-14-25)18-29(21)32-20-24-12-8-7-11-23(24)19-31(3)22(32)2/h4-18,22H,19-20H2,1-3H3. The second-order valence-electron chi connectivity index (χ2n) is 9.29. The number of nitrogens with zero attached hydrogens (tertiary/aromatic N) is 3. The molecule has 5 aromatic rings. The number of hydrogen-bond acceptors (Lipinski definition) is 2. The predicted molar refractivity (Wildman–Crippen MR) is 139 cm³/mol. The second kappa shape index (κ2) is 7.79. The second-order valence-corrected chi connectivity index (χ2v) is 9.29. The zero-order chi connectivity index (χ0) is 22.5. The Morgan fingerprint density at radius 2 is 1.36 bits per heavy atom. The molecule has 1 aromatic heterocycles. The van der Waals surface area contributed by atoms with E-state index in [-0.39, 0.29) is 0 Å². The van der Waals surface area contributed by atoms with Crippen LogP contribution in [-0.2, 0) is 13.1 Å². The minimum Gasteiger partial charge on any atom is -0.351 e. The highest BCUT2D eigenvalue weighted by Crippen LogP contribution is 2.38. The van der Waals surface area contributed by atoms with Gasteiger partial charge in [-0.05, 0) is 67.9 Å². The van der Waals surface area contributed by atoms with Crippen LogP contribution in [0.5, 0.6) is 0 Å². The Morgan fingerprint density at radius 3 is 2.15 bits per heavy atom. The number of aromatic nitrogens is 1. The maximum absolute atomic E-state index is 2.56. The molecule has 0 amide bonds. The highest BCUT2D eigenvalue weighted by Gasteiger charge is 2.26. The van der Waals surface area contributed by atoms with Crippen molar-refractivity contribution < 1.29 is 0 Å². The molecule has 1 unspecified atom stereocenters. The Balaban J connectivity index is 1.58. The molecule has 164 valence electrons. The van der Waals surface area contributed by atoms with E-state index in [1.807, 2.05) is 0 Å². The molecule has 33 heavy (non-hydrogen) atoms. The van der Waals surface area contributed by atoms with Crippen molar-refractivity contribution in [2.45, 2.75) is 33.1 Å². The molecule has 0 bridgehead atoms. The number of rotatable bonds is 2. The maximum Gasteiger partial charge on any atom is 0.0796 e. The number of anilines is 1. The van der Waals surface area contributed by atoms with Crippen molar-refractivity contribution in [1.82, 2.24) is 9.47 Å². The van der Waals surface area contributed by atoms with E-state index in [1.54, 1.807) is 0 Å². The van der Waals surface area contributed by atoms with Gasteiger partial charge in [0.15, 0.2) is 0 Å². The average molecular weight is 432 g/mol. The fourth-order valence-electron chi connectivity index (χ4n) is 5.38. The Bertz CT molecular complexity index is 1460. The number of hydrogen-bond donors (Lipinski definition) is 0. The monoisotopic (exact) mass is 431 g/mol. The maximum atomic E-state index is 2.56. The van der Waals surface area contributed by atoms with Gasteiger partial charge in [0.05, 0.1) is 17.2 Å². The van der Waals surface area contributed by atoms with Crippen LogP contribution >= 0.6 is 0 Å². The molecule has 0 fully saturated rings. The zero-order valence-electron chi connectivity index (χ0n) is 19.5. The highest BCUT2D eigenvalue weighted by atomic mass is 15.3. The predicted octanol–water partition coefficient (Wildman–Crippen LogP) is 6.89. The first kappa shape index (κ1) is 20.1. The normalized spacial score (nSPS) is 16.8. The van der Waals surface area contributed by atoms with Crippen molar-refractivity contribution >= 4 is 27.5 Å². The Hall–Kier alpha value is -3.56. The van der Waals surface area contributed by atoms with E-state index in [0.29, 0.717) is 6.17 Å².